The molecule has 0 atom stereocenters. The van der Waals surface area contributed by atoms with Crippen LogP contribution in [0.1, 0.15) is 28.3 Å². The summed E-state index contributed by atoms with van der Waals surface area (Å²) in [5.74, 6) is 0.577. The van der Waals surface area contributed by atoms with E-state index in [0.29, 0.717) is 30.5 Å². The molecule has 0 bridgehead atoms. The Balaban J connectivity index is 0.00000312. The highest BCUT2D eigenvalue weighted by Gasteiger charge is 2.33. The third-order valence-corrected chi connectivity index (χ3v) is 4.99. The van der Waals surface area contributed by atoms with Crippen molar-refractivity contribution in [3.63, 3.8) is 0 Å². The number of aliphatic imine (C=N–C) groups is 1. The van der Waals surface area contributed by atoms with Crippen molar-refractivity contribution in [1.29, 1.82) is 0 Å². The number of halogens is 4. The first-order chi connectivity index (χ1) is 11.4. The van der Waals surface area contributed by atoms with E-state index in [4.69, 9.17) is 0 Å². The summed E-state index contributed by atoms with van der Waals surface area (Å²) in [6.07, 6.45) is -3.08. The van der Waals surface area contributed by atoms with E-state index in [1.54, 1.807) is 18.4 Å². The van der Waals surface area contributed by atoms with Gasteiger partial charge in [0.2, 0.25) is 0 Å². The molecule has 0 amide bonds. The molecule has 0 aliphatic rings. The van der Waals surface area contributed by atoms with Crippen LogP contribution < -0.4 is 10.6 Å². The van der Waals surface area contributed by atoms with Crippen LogP contribution in [-0.2, 0) is 25.6 Å². The highest BCUT2D eigenvalue weighted by molar-refractivity contribution is 14.0. The highest BCUT2D eigenvalue weighted by atomic mass is 127. The number of thiazole rings is 2. The topological polar surface area (TPSA) is 62.2 Å². The molecule has 2 rings (SSSR count). The molecule has 2 N–H and O–H groups in total. The monoisotopic (exact) mass is 505 g/mol. The van der Waals surface area contributed by atoms with Crippen molar-refractivity contribution in [2.24, 2.45) is 4.99 Å². The summed E-state index contributed by atoms with van der Waals surface area (Å²) in [6, 6.07) is 0. The van der Waals surface area contributed by atoms with E-state index in [1.807, 2.05) is 5.38 Å². The van der Waals surface area contributed by atoms with Crippen molar-refractivity contribution < 1.29 is 13.2 Å². The van der Waals surface area contributed by atoms with Gasteiger partial charge in [-0.25, -0.2) is 9.97 Å². The Bertz CT molecular complexity index is 684. The minimum atomic E-state index is -4.38. The Morgan fingerprint density at radius 3 is 2.44 bits per heavy atom. The molecule has 0 aromatic carbocycles. The van der Waals surface area contributed by atoms with Gasteiger partial charge in [0.25, 0.3) is 0 Å². The van der Waals surface area contributed by atoms with Gasteiger partial charge >= 0.3 is 6.18 Å². The first-order valence-electron chi connectivity index (χ1n) is 7.31. The van der Waals surface area contributed by atoms with Gasteiger partial charge in [-0.3, -0.25) is 4.99 Å². The van der Waals surface area contributed by atoms with Gasteiger partial charge < -0.3 is 10.6 Å². The zero-order valence-electron chi connectivity index (χ0n) is 13.7. The summed E-state index contributed by atoms with van der Waals surface area (Å²) in [6.45, 7) is 3.05. The fraction of sp³-hybridized carbons (Fsp3) is 0.500. The summed E-state index contributed by atoms with van der Waals surface area (Å²) in [5.41, 5.74) is 0.106. The van der Waals surface area contributed by atoms with Gasteiger partial charge in [-0.15, -0.1) is 46.7 Å². The number of alkyl halides is 3. The zero-order valence-corrected chi connectivity index (χ0v) is 17.6. The molecule has 0 aliphatic carbocycles. The summed E-state index contributed by atoms with van der Waals surface area (Å²) in [4.78, 5) is 12.1. The van der Waals surface area contributed by atoms with Crippen LogP contribution in [0.2, 0.25) is 0 Å². The van der Waals surface area contributed by atoms with E-state index < -0.39 is 11.9 Å². The molecule has 11 heteroatoms. The minimum Gasteiger partial charge on any atom is -0.356 e. The second-order valence-corrected chi connectivity index (χ2v) is 6.70. The number of nitrogens with one attached hydrogen (secondary N) is 2. The lowest BCUT2D eigenvalue weighted by atomic mass is 10.4. The van der Waals surface area contributed by atoms with Crippen LogP contribution in [0, 0.1) is 0 Å². The molecule has 0 fully saturated rings. The quantitative estimate of drug-likeness (QED) is 0.357. The van der Waals surface area contributed by atoms with Gasteiger partial charge in [-0.05, 0) is 6.42 Å². The smallest absolute Gasteiger partial charge is 0.356 e. The minimum absolute atomic E-state index is 0. The Hall–Kier alpha value is -0.950. The van der Waals surface area contributed by atoms with Crippen molar-refractivity contribution in [2.75, 3.05) is 13.6 Å². The molecule has 5 nitrogen and oxygen atoms in total. The van der Waals surface area contributed by atoms with E-state index in [-0.39, 0.29) is 24.0 Å². The van der Waals surface area contributed by atoms with Crippen LogP contribution in [0.15, 0.2) is 15.8 Å². The van der Waals surface area contributed by atoms with Gasteiger partial charge in [-0.1, -0.05) is 6.92 Å². The third kappa shape index (κ3) is 7.05. The normalized spacial score (nSPS) is 12.0. The SMILES string of the molecule is CCc1nc(CNC(=NC)NCCc2nc(C(F)(F)F)cs2)cs1.I. The molecular formula is C14H19F3IN5S2. The number of rotatable bonds is 6. The zero-order chi connectivity index (χ0) is 17.6. The van der Waals surface area contributed by atoms with Crippen LogP contribution in [-0.4, -0.2) is 29.5 Å². The second-order valence-electron chi connectivity index (χ2n) is 4.81. The van der Waals surface area contributed by atoms with Gasteiger partial charge in [0, 0.05) is 30.8 Å². The van der Waals surface area contributed by atoms with E-state index in [9.17, 15) is 13.2 Å². The molecule has 0 saturated heterocycles. The summed E-state index contributed by atoms with van der Waals surface area (Å²) in [5, 5.41) is 10.7. The molecule has 0 spiro atoms. The molecule has 140 valence electrons. The summed E-state index contributed by atoms with van der Waals surface area (Å²) < 4.78 is 37.5. The Morgan fingerprint density at radius 2 is 1.88 bits per heavy atom. The molecule has 0 unspecified atom stereocenters. The molecular weight excluding hydrogens is 486 g/mol. The average molecular weight is 505 g/mol. The van der Waals surface area contributed by atoms with Gasteiger partial charge in [-0.2, -0.15) is 13.2 Å². The second kappa shape index (κ2) is 10.3. The predicted octanol–water partition coefficient (Wildman–Crippen LogP) is 3.71. The lowest BCUT2D eigenvalue weighted by molar-refractivity contribution is -0.140. The summed E-state index contributed by atoms with van der Waals surface area (Å²) >= 11 is 2.63. The van der Waals surface area contributed by atoms with E-state index in [1.165, 1.54) is 0 Å². The number of aromatic nitrogens is 2. The number of nitrogens with zero attached hydrogens (tertiary/aromatic N) is 3. The average Bonchev–Trinajstić information content (AvgIpc) is 3.19. The molecule has 2 aromatic heterocycles. The summed E-state index contributed by atoms with van der Waals surface area (Å²) in [7, 11) is 1.64. The lowest BCUT2D eigenvalue weighted by Gasteiger charge is -2.10. The van der Waals surface area contributed by atoms with Gasteiger partial charge in [0.1, 0.15) is 0 Å². The standard InChI is InChI=1S/C14H18F3N5S2.HI/c1-3-11-21-9(7-23-11)6-20-13(18-2)19-5-4-12-22-10(8-24-12)14(15,16)17;/h7-8H,3-6H2,1-2H3,(H2,18,19,20);1H. The van der Waals surface area contributed by atoms with Crippen molar-refractivity contribution in [3.05, 3.63) is 32.2 Å². The van der Waals surface area contributed by atoms with Crippen LogP contribution >= 0.6 is 46.7 Å². The third-order valence-electron chi connectivity index (χ3n) is 3.04. The van der Waals surface area contributed by atoms with Crippen LogP contribution in [0.3, 0.4) is 0 Å². The van der Waals surface area contributed by atoms with Crippen LogP contribution in [0.5, 0.6) is 0 Å². The molecule has 2 heterocycles. The van der Waals surface area contributed by atoms with E-state index in [0.717, 1.165) is 33.8 Å². The largest absolute Gasteiger partial charge is 0.434 e. The van der Waals surface area contributed by atoms with Crippen LogP contribution in [0.25, 0.3) is 0 Å². The maximum absolute atomic E-state index is 12.5. The number of aryl methyl sites for hydroxylation is 1. The maximum atomic E-state index is 12.5. The lowest BCUT2D eigenvalue weighted by Crippen LogP contribution is -2.37. The number of guanidine groups is 1. The van der Waals surface area contributed by atoms with Crippen molar-refractivity contribution >= 4 is 52.6 Å². The van der Waals surface area contributed by atoms with Gasteiger partial charge in [0.05, 0.1) is 22.3 Å². The van der Waals surface area contributed by atoms with Crippen molar-refractivity contribution in [1.82, 2.24) is 20.6 Å². The van der Waals surface area contributed by atoms with E-state index in [2.05, 4.69) is 32.5 Å². The Kier molecular flexibility index (Phi) is 9.07. The molecule has 25 heavy (non-hydrogen) atoms. The van der Waals surface area contributed by atoms with E-state index >= 15 is 0 Å². The number of hydrogen-bond acceptors (Lipinski definition) is 5. The van der Waals surface area contributed by atoms with Crippen molar-refractivity contribution in [2.45, 2.75) is 32.5 Å². The Labute approximate surface area is 169 Å². The molecule has 0 saturated carbocycles. The molecule has 0 aliphatic heterocycles. The fourth-order valence-electron chi connectivity index (χ4n) is 1.83. The number of hydrogen-bond donors (Lipinski definition) is 2. The molecule has 2 aromatic rings. The predicted molar refractivity (Wildman–Crippen MR) is 106 cm³/mol. The van der Waals surface area contributed by atoms with Gasteiger partial charge in [0.15, 0.2) is 11.7 Å². The fourth-order valence-corrected chi connectivity index (χ4v) is 3.38. The highest BCUT2D eigenvalue weighted by Crippen LogP contribution is 2.29. The maximum Gasteiger partial charge on any atom is 0.434 e. The first-order valence-corrected chi connectivity index (χ1v) is 9.07. The van der Waals surface area contributed by atoms with Crippen molar-refractivity contribution in [3.8, 4) is 0 Å². The van der Waals surface area contributed by atoms with Crippen LogP contribution in [0.4, 0.5) is 13.2 Å². The first kappa shape index (κ1) is 22.1. The Morgan fingerprint density at radius 1 is 1.16 bits per heavy atom. The molecule has 0 radical (unpaired) electrons.